The Labute approximate surface area is 113 Å². The minimum Gasteiger partial charge on any atom is -0.207 e. The van der Waals surface area contributed by atoms with E-state index in [-0.39, 0.29) is 12.0 Å². The zero-order valence-electron chi connectivity index (χ0n) is 10.2. The molecule has 0 aliphatic carbocycles. The van der Waals surface area contributed by atoms with Gasteiger partial charge in [-0.1, -0.05) is 18.2 Å². The van der Waals surface area contributed by atoms with Gasteiger partial charge >= 0.3 is 6.18 Å². The van der Waals surface area contributed by atoms with Crippen molar-refractivity contribution in [2.45, 2.75) is 12.6 Å². The topological polar surface area (TPSA) is 23.8 Å². The molecule has 20 heavy (non-hydrogen) atoms. The highest BCUT2D eigenvalue weighted by molar-refractivity contribution is 5.68. The van der Waals surface area contributed by atoms with Crippen LogP contribution >= 0.6 is 0 Å². The van der Waals surface area contributed by atoms with Gasteiger partial charge in [-0.25, -0.2) is 4.39 Å². The summed E-state index contributed by atoms with van der Waals surface area (Å²) in [6, 6.07) is 10.5. The number of alkyl halides is 3. The molecule has 102 valence electrons. The number of nitrogens with zero attached hydrogens (tertiary/aromatic N) is 1. The second-order valence-corrected chi connectivity index (χ2v) is 4.21. The molecule has 0 saturated carbocycles. The predicted molar refractivity (Wildman–Crippen MR) is 66.2 cm³/mol. The molecule has 0 aliphatic heterocycles. The molecule has 0 fully saturated rings. The first-order valence-corrected chi connectivity index (χ1v) is 5.75. The monoisotopic (exact) mass is 279 g/mol. The van der Waals surface area contributed by atoms with Crippen molar-refractivity contribution in [3.63, 3.8) is 0 Å². The molecule has 5 heteroatoms. The van der Waals surface area contributed by atoms with Gasteiger partial charge in [-0.2, -0.15) is 18.4 Å². The standard InChI is InChI=1S/C15H9F4N/c16-13-4-1-10(2-5-13)14-6-3-12(15(17,18)19)9-11(14)7-8-20/h1-6,9H,7H2. The van der Waals surface area contributed by atoms with E-state index in [2.05, 4.69) is 0 Å². The zero-order chi connectivity index (χ0) is 14.8. The molecule has 0 radical (unpaired) electrons. The van der Waals surface area contributed by atoms with Crippen molar-refractivity contribution in [3.8, 4) is 17.2 Å². The van der Waals surface area contributed by atoms with E-state index in [4.69, 9.17) is 5.26 Å². The molecule has 2 aromatic rings. The number of benzene rings is 2. The molecule has 0 N–H and O–H groups in total. The molecule has 0 saturated heterocycles. The van der Waals surface area contributed by atoms with E-state index in [0.717, 1.165) is 12.1 Å². The molecule has 2 aromatic carbocycles. The number of rotatable bonds is 2. The van der Waals surface area contributed by atoms with Gasteiger partial charge in [0.25, 0.3) is 0 Å². The average Bonchev–Trinajstić information content (AvgIpc) is 2.39. The van der Waals surface area contributed by atoms with E-state index in [1.54, 1.807) is 0 Å². The molecule has 0 spiro atoms. The van der Waals surface area contributed by atoms with Crippen molar-refractivity contribution in [2.24, 2.45) is 0 Å². The van der Waals surface area contributed by atoms with Gasteiger partial charge in [-0.3, -0.25) is 0 Å². The van der Waals surface area contributed by atoms with E-state index in [1.165, 1.54) is 30.3 Å². The van der Waals surface area contributed by atoms with Crippen molar-refractivity contribution < 1.29 is 17.6 Å². The van der Waals surface area contributed by atoms with Crippen molar-refractivity contribution in [1.29, 1.82) is 5.26 Å². The van der Waals surface area contributed by atoms with Gasteiger partial charge in [-0.15, -0.1) is 0 Å². The second-order valence-electron chi connectivity index (χ2n) is 4.21. The third-order valence-corrected chi connectivity index (χ3v) is 2.86. The SMILES string of the molecule is N#CCc1cc(C(F)(F)F)ccc1-c1ccc(F)cc1. The largest absolute Gasteiger partial charge is 0.416 e. The van der Waals surface area contributed by atoms with Gasteiger partial charge < -0.3 is 0 Å². The van der Waals surface area contributed by atoms with Gasteiger partial charge in [0.05, 0.1) is 18.1 Å². The Balaban J connectivity index is 2.53. The lowest BCUT2D eigenvalue weighted by Crippen LogP contribution is -2.06. The second kappa shape index (κ2) is 5.33. The predicted octanol–water partition coefficient (Wildman–Crippen LogP) is 4.58. The number of hydrogen-bond donors (Lipinski definition) is 0. The Morgan fingerprint density at radius 3 is 2.20 bits per heavy atom. The smallest absolute Gasteiger partial charge is 0.207 e. The van der Waals surface area contributed by atoms with Crippen LogP contribution in [-0.2, 0) is 12.6 Å². The summed E-state index contributed by atoms with van der Waals surface area (Å²) in [5.74, 6) is -0.428. The highest BCUT2D eigenvalue weighted by Crippen LogP contribution is 2.33. The fourth-order valence-corrected chi connectivity index (χ4v) is 1.91. The van der Waals surface area contributed by atoms with Gasteiger partial charge in [0.15, 0.2) is 0 Å². The first kappa shape index (κ1) is 14.1. The third kappa shape index (κ3) is 2.97. The summed E-state index contributed by atoms with van der Waals surface area (Å²) < 4.78 is 50.9. The zero-order valence-corrected chi connectivity index (χ0v) is 10.2. The van der Waals surface area contributed by atoms with E-state index >= 15 is 0 Å². The molecule has 0 unspecified atom stereocenters. The third-order valence-electron chi connectivity index (χ3n) is 2.86. The lowest BCUT2D eigenvalue weighted by molar-refractivity contribution is -0.137. The van der Waals surface area contributed by atoms with Gasteiger partial charge in [0, 0.05) is 0 Å². The molecule has 0 amide bonds. The van der Waals surface area contributed by atoms with Gasteiger partial charge in [-0.05, 0) is 41.0 Å². The van der Waals surface area contributed by atoms with Gasteiger partial charge in [0.2, 0.25) is 0 Å². The van der Waals surface area contributed by atoms with Crippen LogP contribution in [0.15, 0.2) is 42.5 Å². The Morgan fingerprint density at radius 2 is 1.65 bits per heavy atom. The first-order valence-electron chi connectivity index (χ1n) is 5.75. The van der Waals surface area contributed by atoms with Crippen molar-refractivity contribution >= 4 is 0 Å². The van der Waals surface area contributed by atoms with Crippen LogP contribution in [0.5, 0.6) is 0 Å². The summed E-state index contributed by atoms with van der Waals surface area (Å²) >= 11 is 0. The molecule has 0 bridgehead atoms. The summed E-state index contributed by atoms with van der Waals surface area (Å²) in [7, 11) is 0. The van der Waals surface area contributed by atoms with Crippen LogP contribution in [0.1, 0.15) is 11.1 Å². The maximum absolute atomic E-state index is 12.9. The normalized spacial score (nSPS) is 11.2. The number of halogens is 4. The van der Waals surface area contributed by atoms with Crippen molar-refractivity contribution in [2.75, 3.05) is 0 Å². The van der Waals surface area contributed by atoms with Crippen LogP contribution < -0.4 is 0 Å². The Morgan fingerprint density at radius 1 is 1.00 bits per heavy atom. The fourth-order valence-electron chi connectivity index (χ4n) is 1.91. The lowest BCUT2D eigenvalue weighted by Gasteiger charge is -2.12. The average molecular weight is 279 g/mol. The van der Waals surface area contributed by atoms with Crippen LogP contribution in [0.3, 0.4) is 0 Å². The Bertz CT molecular complexity index is 651. The minimum absolute atomic E-state index is 0.142. The van der Waals surface area contributed by atoms with Crippen molar-refractivity contribution in [3.05, 3.63) is 59.4 Å². The van der Waals surface area contributed by atoms with E-state index < -0.39 is 17.6 Å². The van der Waals surface area contributed by atoms with Crippen LogP contribution in [0.2, 0.25) is 0 Å². The quantitative estimate of drug-likeness (QED) is 0.738. The maximum atomic E-state index is 12.9. The van der Waals surface area contributed by atoms with E-state index in [1.807, 2.05) is 6.07 Å². The van der Waals surface area contributed by atoms with E-state index in [0.29, 0.717) is 11.1 Å². The molecular formula is C15H9F4N. The highest BCUT2D eigenvalue weighted by Gasteiger charge is 2.31. The van der Waals surface area contributed by atoms with Crippen LogP contribution in [0.4, 0.5) is 17.6 Å². The molecule has 0 heterocycles. The molecule has 0 atom stereocenters. The van der Waals surface area contributed by atoms with Crippen molar-refractivity contribution in [1.82, 2.24) is 0 Å². The minimum atomic E-state index is -4.45. The Kier molecular flexibility index (Phi) is 3.75. The molecule has 0 aliphatic rings. The fraction of sp³-hybridized carbons (Fsp3) is 0.133. The highest BCUT2D eigenvalue weighted by atomic mass is 19.4. The maximum Gasteiger partial charge on any atom is 0.416 e. The van der Waals surface area contributed by atoms with Gasteiger partial charge in [0.1, 0.15) is 5.82 Å². The van der Waals surface area contributed by atoms with Crippen LogP contribution in [-0.4, -0.2) is 0 Å². The van der Waals surface area contributed by atoms with E-state index in [9.17, 15) is 17.6 Å². The summed E-state index contributed by atoms with van der Waals surface area (Å²) in [4.78, 5) is 0. The molecular weight excluding hydrogens is 270 g/mol. The van der Waals surface area contributed by atoms with Crippen LogP contribution in [0.25, 0.3) is 11.1 Å². The number of hydrogen-bond acceptors (Lipinski definition) is 1. The first-order chi connectivity index (χ1) is 9.41. The Hall–Kier alpha value is -2.35. The summed E-state index contributed by atoms with van der Waals surface area (Å²) in [5, 5.41) is 8.74. The molecule has 1 nitrogen and oxygen atoms in total. The lowest BCUT2D eigenvalue weighted by atomic mass is 9.96. The molecule has 0 aromatic heterocycles. The van der Waals surface area contributed by atoms with Crippen LogP contribution in [0, 0.1) is 17.1 Å². The summed E-state index contributed by atoms with van der Waals surface area (Å²) in [5.41, 5.74) is 0.549. The summed E-state index contributed by atoms with van der Waals surface area (Å²) in [6.45, 7) is 0. The summed E-state index contributed by atoms with van der Waals surface area (Å²) in [6.07, 6.45) is -4.60. The number of nitriles is 1. The molecule has 2 rings (SSSR count).